The highest BCUT2D eigenvalue weighted by Crippen LogP contribution is 2.16. The number of carbonyl (C=O) groups excluding carboxylic acids is 1. The van der Waals surface area contributed by atoms with E-state index in [4.69, 9.17) is 9.84 Å². The molecule has 3 aromatic rings. The Labute approximate surface area is 198 Å². The molecule has 0 saturated carbocycles. The standard InChI is InChI=1S/C25H30FN5O3/c26-21-5-1-19(2-6-21)17-25(33)27-11-9-23-28-29-24-10-12-30(13-14-31(23)24)18-20-3-7-22(8-4-20)34-16-15-32/h1-8,32H,9-18H2,(H,27,33). The van der Waals surface area contributed by atoms with Gasteiger partial charge in [0.05, 0.1) is 13.0 Å². The summed E-state index contributed by atoms with van der Waals surface area (Å²) in [4.78, 5) is 14.6. The van der Waals surface area contributed by atoms with Crippen molar-refractivity contribution in [3.8, 4) is 5.75 Å². The quantitative estimate of drug-likeness (QED) is 0.472. The van der Waals surface area contributed by atoms with Crippen LogP contribution in [0.1, 0.15) is 22.8 Å². The molecule has 2 aromatic carbocycles. The number of aliphatic hydroxyl groups is 1. The number of aromatic nitrogens is 3. The Kier molecular flexibility index (Phi) is 8.21. The van der Waals surface area contributed by atoms with Crippen molar-refractivity contribution >= 4 is 5.91 Å². The summed E-state index contributed by atoms with van der Waals surface area (Å²) in [6, 6.07) is 13.9. The number of carbonyl (C=O) groups is 1. The first-order valence-electron chi connectivity index (χ1n) is 11.6. The third kappa shape index (κ3) is 6.61. The van der Waals surface area contributed by atoms with Gasteiger partial charge in [-0.05, 0) is 35.4 Å². The van der Waals surface area contributed by atoms with Crippen LogP contribution in [0.4, 0.5) is 4.39 Å². The highest BCUT2D eigenvalue weighted by Gasteiger charge is 2.19. The molecular formula is C25H30FN5O3. The van der Waals surface area contributed by atoms with Gasteiger partial charge in [-0.3, -0.25) is 9.69 Å². The number of nitrogens with one attached hydrogen (secondary N) is 1. The molecule has 9 heteroatoms. The Morgan fingerprint density at radius 2 is 1.79 bits per heavy atom. The maximum atomic E-state index is 13.0. The third-order valence-corrected chi connectivity index (χ3v) is 5.83. The lowest BCUT2D eigenvalue weighted by Crippen LogP contribution is -2.28. The minimum absolute atomic E-state index is 0.00355. The van der Waals surface area contributed by atoms with Crippen LogP contribution in [0, 0.1) is 5.82 Å². The van der Waals surface area contributed by atoms with Crippen molar-refractivity contribution in [3.05, 3.63) is 77.1 Å². The molecule has 180 valence electrons. The van der Waals surface area contributed by atoms with Crippen molar-refractivity contribution in [1.82, 2.24) is 25.0 Å². The molecule has 1 amide bonds. The number of aliphatic hydroxyl groups excluding tert-OH is 1. The van der Waals surface area contributed by atoms with Crippen molar-refractivity contribution < 1.29 is 19.0 Å². The van der Waals surface area contributed by atoms with E-state index < -0.39 is 0 Å². The van der Waals surface area contributed by atoms with Gasteiger partial charge in [0.15, 0.2) is 0 Å². The molecule has 0 fully saturated rings. The molecule has 1 aliphatic heterocycles. The highest BCUT2D eigenvalue weighted by molar-refractivity contribution is 5.78. The molecule has 0 spiro atoms. The summed E-state index contributed by atoms with van der Waals surface area (Å²) in [5, 5.41) is 20.5. The normalized spacial score (nSPS) is 13.8. The van der Waals surface area contributed by atoms with Crippen LogP contribution in [0.25, 0.3) is 0 Å². The summed E-state index contributed by atoms with van der Waals surface area (Å²) in [6.07, 6.45) is 1.65. The van der Waals surface area contributed by atoms with E-state index in [0.29, 0.717) is 19.6 Å². The lowest BCUT2D eigenvalue weighted by atomic mass is 10.1. The number of hydrogen-bond donors (Lipinski definition) is 2. The number of rotatable bonds is 10. The fourth-order valence-electron chi connectivity index (χ4n) is 4.05. The van der Waals surface area contributed by atoms with E-state index in [1.807, 2.05) is 12.1 Å². The Morgan fingerprint density at radius 1 is 1.03 bits per heavy atom. The average Bonchev–Trinajstić information content (AvgIpc) is 3.11. The highest BCUT2D eigenvalue weighted by atomic mass is 19.1. The van der Waals surface area contributed by atoms with Crippen molar-refractivity contribution in [2.45, 2.75) is 32.4 Å². The number of benzene rings is 2. The summed E-state index contributed by atoms with van der Waals surface area (Å²) in [5.74, 6) is 2.21. The Bertz CT molecular complexity index is 1070. The number of nitrogens with zero attached hydrogens (tertiary/aromatic N) is 4. The number of hydrogen-bond acceptors (Lipinski definition) is 6. The lowest BCUT2D eigenvalue weighted by Gasteiger charge is -2.20. The molecule has 8 nitrogen and oxygen atoms in total. The fraction of sp³-hybridized carbons (Fsp3) is 0.400. The molecule has 0 radical (unpaired) electrons. The first-order chi connectivity index (χ1) is 16.6. The van der Waals surface area contributed by atoms with Crippen LogP contribution in [0.3, 0.4) is 0 Å². The molecule has 2 N–H and O–H groups in total. The molecule has 4 rings (SSSR count). The van der Waals surface area contributed by atoms with Crippen molar-refractivity contribution in [2.24, 2.45) is 0 Å². The molecule has 0 bridgehead atoms. The average molecular weight is 468 g/mol. The topological polar surface area (TPSA) is 92.5 Å². The van der Waals surface area contributed by atoms with E-state index in [9.17, 15) is 9.18 Å². The predicted molar refractivity (Wildman–Crippen MR) is 125 cm³/mol. The van der Waals surface area contributed by atoms with Gasteiger partial charge < -0.3 is 19.7 Å². The van der Waals surface area contributed by atoms with Crippen LogP contribution in [-0.4, -0.2) is 63.5 Å². The molecule has 2 heterocycles. The number of amides is 1. The zero-order valence-corrected chi connectivity index (χ0v) is 19.1. The number of fused-ring (bicyclic) bond motifs is 1. The van der Waals surface area contributed by atoms with Crippen molar-refractivity contribution in [2.75, 3.05) is 32.8 Å². The van der Waals surface area contributed by atoms with E-state index in [1.54, 1.807) is 12.1 Å². The summed E-state index contributed by atoms with van der Waals surface area (Å²) in [7, 11) is 0. The molecule has 34 heavy (non-hydrogen) atoms. The molecule has 0 aliphatic carbocycles. The Balaban J connectivity index is 1.24. The molecular weight excluding hydrogens is 437 g/mol. The van der Waals surface area contributed by atoms with Crippen molar-refractivity contribution in [1.29, 1.82) is 0 Å². The molecule has 0 atom stereocenters. The van der Waals surface area contributed by atoms with Gasteiger partial charge >= 0.3 is 0 Å². The lowest BCUT2D eigenvalue weighted by molar-refractivity contribution is -0.120. The van der Waals surface area contributed by atoms with Crippen LogP contribution in [0.2, 0.25) is 0 Å². The largest absolute Gasteiger partial charge is 0.491 e. The molecule has 1 aliphatic rings. The summed E-state index contributed by atoms with van der Waals surface area (Å²) < 4.78 is 20.6. The predicted octanol–water partition coefficient (Wildman–Crippen LogP) is 1.75. The Morgan fingerprint density at radius 3 is 2.56 bits per heavy atom. The van der Waals surface area contributed by atoms with Crippen LogP contribution >= 0.6 is 0 Å². The van der Waals surface area contributed by atoms with Crippen molar-refractivity contribution in [3.63, 3.8) is 0 Å². The maximum Gasteiger partial charge on any atom is 0.224 e. The summed E-state index contributed by atoms with van der Waals surface area (Å²) in [5.41, 5.74) is 1.99. The zero-order chi connectivity index (χ0) is 23.8. The van der Waals surface area contributed by atoms with Crippen LogP contribution < -0.4 is 10.1 Å². The van der Waals surface area contributed by atoms with Gasteiger partial charge in [0, 0.05) is 45.6 Å². The van der Waals surface area contributed by atoms with E-state index in [0.717, 1.165) is 55.6 Å². The smallest absolute Gasteiger partial charge is 0.224 e. The van der Waals surface area contributed by atoms with Gasteiger partial charge in [0.2, 0.25) is 5.91 Å². The second-order valence-electron chi connectivity index (χ2n) is 8.33. The SMILES string of the molecule is O=C(Cc1ccc(F)cc1)NCCc1nnc2n1CCN(Cc1ccc(OCCO)cc1)CC2. The fourth-order valence-corrected chi connectivity index (χ4v) is 4.05. The summed E-state index contributed by atoms with van der Waals surface area (Å²) >= 11 is 0. The summed E-state index contributed by atoms with van der Waals surface area (Å²) in [6.45, 7) is 4.21. The van der Waals surface area contributed by atoms with Crippen LogP contribution in [0.15, 0.2) is 48.5 Å². The monoisotopic (exact) mass is 467 g/mol. The van der Waals surface area contributed by atoms with Crippen LogP contribution in [0.5, 0.6) is 5.75 Å². The maximum absolute atomic E-state index is 13.0. The van der Waals surface area contributed by atoms with E-state index >= 15 is 0 Å². The van der Waals surface area contributed by atoms with Gasteiger partial charge in [0.25, 0.3) is 0 Å². The van der Waals surface area contributed by atoms with E-state index in [2.05, 4.69) is 37.1 Å². The van der Waals surface area contributed by atoms with Crippen LogP contribution in [-0.2, 0) is 37.1 Å². The van der Waals surface area contributed by atoms with E-state index in [1.165, 1.54) is 17.7 Å². The van der Waals surface area contributed by atoms with Gasteiger partial charge in [-0.2, -0.15) is 0 Å². The van der Waals surface area contributed by atoms with E-state index in [-0.39, 0.29) is 24.8 Å². The molecule has 0 saturated heterocycles. The number of ether oxygens (including phenoxy) is 1. The minimum Gasteiger partial charge on any atom is -0.491 e. The Hall–Kier alpha value is -3.30. The van der Waals surface area contributed by atoms with Gasteiger partial charge in [0.1, 0.15) is 29.8 Å². The minimum atomic E-state index is -0.308. The first-order valence-corrected chi connectivity index (χ1v) is 11.6. The van der Waals surface area contributed by atoms with Gasteiger partial charge in [-0.25, -0.2) is 4.39 Å². The molecule has 1 aromatic heterocycles. The van der Waals surface area contributed by atoms with Gasteiger partial charge in [-0.15, -0.1) is 10.2 Å². The number of halogens is 1. The first kappa shape index (κ1) is 23.8. The third-order valence-electron chi connectivity index (χ3n) is 5.83. The zero-order valence-electron chi connectivity index (χ0n) is 19.1. The molecule has 0 unspecified atom stereocenters. The van der Waals surface area contributed by atoms with Gasteiger partial charge in [-0.1, -0.05) is 24.3 Å². The second-order valence-corrected chi connectivity index (χ2v) is 8.33. The second kappa shape index (κ2) is 11.7.